The van der Waals surface area contributed by atoms with Gasteiger partial charge in [-0.2, -0.15) is 0 Å². The van der Waals surface area contributed by atoms with Crippen molar-refractivity contribution < 1.29 is 0 Å². The summed E-state index contributed by atoms with van der Waals surface area (Å²) in [5, 5.41) is 1.11. The summed E-state index contributed by atoms with van der Waals surface area (Å²) in [6.45, 7) is 5.74. The van der Waals surface area contributed by atoms with Crippen LogP contribution in [0, 0.1) is 0 Å². The molecule has 0 bridgehead atoms. The number of hydrogen-bond donors (Lipinski definition) is 1. The number of benzene rings is 1. The van der Waals surface area contributed by atoms with Gasteiger partial charge in [0.2, 0.25) is 5.56 Å². The fourth-order valence-electron chi connectivity index (χ4n) is 3.00. The van der Waals surface area contributed by atoms with Gasteiger partial charge in [0, 0.05) is 11.6 Å². The van der Waals surface area contributed by atoms with Crippen LogP contribution >= 0.6 is 0 Å². The number of pyridine rings is 1. The summed E-state index contributed by atoms with van der Waals surface area (Å²) in [5.74, 6) is 0.635. The molecule has 1 aliphatic rings. The molecule has 3 heteroatoms. The average molecular weight is 256 g/mol. The van der Waals surface area contributed by atoms with Crippen molar-refractivity contribution >= 4 is 10.9 Å². The lowest BCUT2D eigenvalue weighted by Gasteiger charge is -2.31. The van der Waals surface area contributed by atoms with Crippen LogP contribution in [0.5, 0.6) is 0 Å². The highest BCUT2D eigenvalue weighted by molar-refractivity contribution is 5.79. The Hall–Kier alpha value is -1.61. The molecule has 1 aromatic carbocycles. The Morgan fingerprint density at radius 2 is 1.95 bits per heavy atom. The molecule has 100 valence electrons. The first-order valence-corrected chi connectivity index (χ1v) is 7.11. The second-order valence-electron chi connectivity index (χ2n) is 5.38. The number of rotatable bonds is 2. The minimum Gasteiger partial charge on any atom is -0.322 e. The normalized spacial score (nSPS) is 17.9. The number of H-pyrrole nitrogens is 1. The second kappa shape index (κ2) is 5.17. The van der Waals surface area contributed by atoms with Crippen LogP contribution in [0.2, 0.25) is 0 Å². The number of aromatic nitrogens is 1. The average Bonchev–Trinajstić information content (AvgIpc) is 2.46. The van der Waals surface area contributed by atoms with Gasteiger partial charge >= 0.3 is 0 Å². The van der Waals surface area contributed by atoms with Gasteiger partial charge in [-0.25, -0.2) is 0 Å². The predicted octanol–water partition coefficient (Wildman–Crippen LogP) is 2.73. The van der Waals surface area contributed by atoms with E-state index in [1.807, 2.05) is 6.07 Å². The fourth-order valence-corrected chi connectivity index (χ4v) is 3.00. The van der Waals surface area contributed by atoms with E-state index in [0.29, 0.717) is 5.92 Å². The van der Waals surface area contributed by atoms with Gasteiger partial charge in [0.15, 0.2) is 0 Å². The molecule has 0 aliphatic carbocycles. The van der Waals surface area contributed by atoms with Crippen molar-refractivity contribution in [2.45, 2.75) is 25.7 Å². The van der Waals surface area contributed by atoms with Crippen LogP contribution < -0.4 is 5.56 Å². The van der Waals surface area contributed by atoms with Gasteiger partial charge in [-0.05, 0) is 61.5 Å². The maximum Gasteiger partial charge on any atom is 0.248 e. The Bertz CT molecular complexity index is 624. The summed E-state index contributed by atoms with van der Waals surface area (Å²) in [4.78, 5) is 16.8. The van der Waals surface area contributed by atoms with Gasteiger partial charge in [0.25, 0.3) is 0 Å². The highest BCUT2D eigenvalue weighted by Gasteiger charge is 2.19. The van der Waals surface area contributed by atoms with Crippen LogP contribution in [0.25, 0.3) is 10.9 Å². The monoisotopic (exact) mass is 256 g/mol. The van der Waals surface area contributed by atoms with E-state index >= 15 is 0 Å². The van der Waals surface area contributed by atoms with Gasteiger partial charge < -0.3 is 9.88 Å². The van der Waals surface area contributed by atoms with Crippen LogP contribution in [0.4, 0.5) is 0 Å². The molecule has 3 rings (SSSR count). The zero-order valence-electron chi connectivity index (χ0n) is 11.4. The van der Waals surface area contributed by atoms with Crippen molar-refractivity contribution in [2.75, 3.05) is 19.6 Å². The van der Waals surface area contributed by atoms with Crippen molar-refractivity contribution in [2.24, 2.45) is 0 Å². The number of aromatic amines is 1. The molecule has 0 saturated carbocycles. The molecule has 0 radical (unpaired) electrons. The molecule has 2 heterocycles. The highest BCUT2D eigenvalue weighted by Crippen LogP contribution is 2.29. The summed E-state index contributed by atoms with van der Waals surface area (Å²) in [6.07, 6.45) is 2.44. The number of fused-ring (bicyclic) bond motifs is 1. The molecule has 1 aliphatic heterocycles. The third-order valence-electron chi connectivity index (χ3n) is 4.26. The summed E-state index contributed by atoms with van der Waals surface area (Å²) >= 11 is 0. The zero-order valence-corrected chi connectivity index (χ0v) is 11.4. The molecule has 0 atom stereocenters. The molecule has 1 fully saturated rings. The first-order chi connectivity index (χ1) is 9.26. The van der Waals surface area contributed by atoms with Crippen LogP contribution in [0.15, 0.2) is 35.1 Å². The van der Waals surface area contributed by atoms with Crippen LogP contribution in [0.1, 0.15) is 31.2 Å². The molecule has 2 aromatic rings. The fraction of sp³-hybridized carbons (Fsp3) is 0.438. The van der Waals surface area contributed by atoms with E-state index in [1.165, 1.54) is 31.5 Å². The minimum atomic E-state index is -0.0227. The number of nitrogens with one attached hydrogen (secondary N) is 1. The second-order valence-corrected chi connectivity index (χ2v) is 5.38. The summed E-state index contributed by atoms with van der Waals surface area (Å²) in [5.41, 5.74) is 2.30. The van der Waals surface area contributed by atoms with Gasteiger partial charge in [-0.1, -0.05) is 19.1 Å². The Kier molecular flexibility index (Phi) is 3.38. The zero-order chi connectivity index (χ0) is 13.2. The minimum absolute atomic E-state index is 0.0227. The summed E-state index contributed by atoms with van der Waals surface area (Å²) in [6, 6.07) is 9.96. The van der Waals surface area contributed by atoms with E-state index in [4.69, 9.17) is 0 Å². The van der Waals surface area contributed by atoms with Gasteiger partial charge in [-0.15, -0.1) is 0 Å². The molecule has 3 nitrogen and oxygen atoms in total. The third-order valence-corrected chi connectivity index (χ3v) is 4.26. The maximum absolute atomic E-state index is 11.4. The van der Waals surface area contributed by atoms with Gasteiger partial charge in [-0.3, -0.25) is 4.79 Å². The third kappa shape index (κ3) is 2.56. The molecule has 1 saturated heterocycles. The molecule has 0 spiro atoms. The Morgan fingerprint density at radius 3 is 2.68 bits per heavy atom. The molecular weight excluding hydrogens is 236 g/mol. The number of nitrogens with zero attached hydrogens (tertiary/aromatic N) is 1. The smallest absolute Gasteiger partial charge is 0.248 e. The van der Waals surface area contributed by atoms with Gasteiger partial charge in [0.05, 0.1) is 0 Å². The largest absolute Gasteiger partial charge is 0.322 e. The first kappa shape index (κ1) is 12.4. The molecule has 19 heavy (non-hydrogen) atoms. The Labute approximate surface area is 113 Å². The first-order valence-electron chi connectivity index (χ1n) is 7.11. The molecule has 1 N–H and O–H groups in total. The summed E-state index contributed by atoms with van der Waals surface area (Å²) < 4.78 is 0. The lowest BCUT2D eigenvalue weighted by Crippen LogP contribution is -2.32. The van der Waals surface area contributed by atoms with E-state index in [1.54, 1.807) is 6.07 Å². The van der Waals surface area contributed by atoms with E-state index < -0.39 is 0 Å². The van der Waals surface area contributed by atoms with Crippen LogP contribution in [-0.2, 0) is 0 Å². The standard InChI is InChI=1S/C16H20N2O/c1-2-18-9-7-12(8-10-18)14-4-3-13-5-6-16(19)17-15(13)11-14/h3-6,11-12H,2,7-10H2,1H3,(H,17,19). The van der Waals surface area contributed by atoms with Crippen molar-refractivity contribution in [3.8, 4) is 0 Å². The quantitative estimate of drug-likeness (QED) is 0.897. The Morgan fingerprint density at radius 1 is 1.21 bits per heavy atom. The maximum atomic E-state index is 11.4. The van der Waals surface area contributed by atoms with Crippen molar-refractivity contribution in [1.29, 1.82) is 0 Å². The molecule has 0 amide bonds. The Balaban J connectivity index is 1.87. The lowest BCUT2D eigenvalue weighted by molar-refractivity contribution is 0.222. The topological polar surface area (TPSA) is 36.1 Å². The van der Waals surface area contributed by atoms with Crippen molar-refractivity contribution in [1.82, 2.24) is 9.88 Å². The van der Waals surface area contributed by atoms with Crippen LogP contribution in [0.3, 0.4) is 0 Å². The summed E-state index contributed by atoms with van der Waals surface area (Å²) in [7, 11) is 0. The van der Waals surface area contributed by atoms with E-state index in [-0.39, 0.29) is 5.56 Å². The van der Waals surface area contributed by atoms with E-state index in [2.05, 4.69) is 35.0 Å². The molecule has 0 unspecified atom stereocenters. The number of likely N-dealkylation sites (tertiary alicyclic amines) is 1. The van der Waals surface area contributed by atoms with E-state index in [0.717, 1.165) is 17.4 Å². The predicted molar refractivity (Wildman–Crippen MR) is 78.7 cm³/mol. The van der Waals surface area contributed by atoms with E-state index in [9.17, 15) is 4.79 Å². The SMILES string of the molecule is CCN1CCC(c2ccc3ccc(=O)[nH]c3c2)CC1. The van der Waals surface area contributed by atoms with Crippen molar-refractivity contribution in [3.05, 3.63) is 46.2 Å². The van der Waals surface area contributed by atoms with Crippen molar-refractivity contribution in [3.63, 3.8) is 0 Å². The number of hydrogen-bond acceptors (Lipinski definition) is 2. The van der Waals surface area contributed by atoms with Crippen LogP contribution in [-0.4, -0.2) is 29.5 Å². The van der Waals surface area contributed by atoms with Gasteiger partial charge in [0.1, 0.15) is 0 Å². The number of piperidine rings is 1. The molecular formula is C16H20N2O. The lowest BCUT2D eigenvalue weighted by atomic mass is 9.89. The molecule has 1 aromatic heterocycles. The highest BCUT2D eigenvalue weighted by atomic mass is 16.1.